The number of benzene rings is 1. The number of urea groups is 1. The van der Waals surface area contributed by atoms with Gasteiger partial charge < -0.3 is 15.5 Å². The van der Waals surface area contributed by atoms with Crippen molar-refractivity contribution in [3.8, 4) is 5.75 Å². The van der Waals surface area contributed by atoms with Crippen LogP contribution in [0.2, 0.25) is 0 Å². The molecule has 0 bridgehead atoms. The lowest BCUT2D eigenvalue weighted by Crippen LogP contribution is -2.43. The highest BCUT2D eigenvalue weighted by Crippen LogP contribution is 2.18. The van der Waals surface area contributed by atoms with Crippen LogP contribution in [0, 0.1) is 0 Å². The number of amides is 2. The number of aromatic hydroxyl groups is 1. The standard InChI is InChI=1S/C13H16N2O4/c1-9(2)7-14-13(19)15(8-12(17)18)10-3-5-11(16)6-4-10/h3-6,16H,1,7-8H2,2H3,(H,14,19)(H,17,18). The SMILES string of the molecule is C=C(C)CNC(=O)N(CC(=O)O)c1ccc(O)cc1. The minimum Gasteiger partial charge on any atom is -0.508 e. The molecule has 0 aliphatic rings. The molecular formula is C13H16N2O4. The molecule has 0 spiro atoms. The van der Waals surface area contributed by atoms with Crippen molar-refractivity contribution in [1.29, 1.82) is 0 Å². The number of carboxylic acid groups (broad SMARTS) is 1. The monoisotopic (exact) mass is 264 g/mol. The molecule has 1 aromatic carbocycles. The van der Waals surface area contributed by atoms with Crippen LogP contribution in [0.5, 0.6) is 5.75 Å². The molecule has 6 heteroatoms. The molecule has 6 nitrogen and oxygen atoms in total. The Bertz CT molecular complexity index is 482. The second-order valence-corrected chi connectivity index (χ2v) is 4.11. The molecule has 19 heavy (non-hydrogen) atoms. The number of carboxylic acids is 1. The maximum Gasteiger partial charge on any atom is 0.323 e. The minimum absolute atomic E-state index is 0.0429. The fraction of sp³-hybridized carbons (Fsp3) is 0.231. The molecular weight excluding hydrogens is 248 g/mol. The summed E-state index contributed by atoms with van der Waals surface area (Å²) in [6, 6.07) is 5.18. The number of nitrogens with zero attached hydrogens (tertiary/aromatic N) is 1. The summed E-state index contributed by atoms with van der Waals surface area (Å²) in [6.45, 7) is 5.21. The summed E-state index contributed by atoms with van der Waals surface area (Å²) < 4.78 is 0. The number of hydrogen-bond donors (Lipinski definition) is 3. The Morgan fingerprint density at radius 1 is 1.32 bits per heavy atom. The third-order valence-corrected chi connectivity index (χ3v) is 2.24. The van der Waals surface area contributed by atoms with Gasteiger partial charge in [-0.15, -0.1) is 0 Å². The van der Waals surface area contributed by atoms with E-state index in [2.05, 4.69) is 11.9 Å². The van der Waals surface area contributed by atoms with Crippen molar-refractivity contribution in [1.82, 2.24) is 5.32 Å². The first-order valence-corrected chi connectivity index (χ1v) is 5.60. The summed E-state index contributed by atoms with van der Waals surface area (Å²) in [5.41, 5.74) is 1.15. The molecule has 0 atom stereocenters. The number of rotatable bonds is 5. The molecule has 0 unspecified atom stereocenters. The minimum atomic E-state index is -1.13. The van der Waals surface area contributed by atoms with Crippen molar-refractivity contribution in [2.24, 2.45) is 0 Å². The van der Waals surface area contributed by atoms with Crippen molar-refractivity contribution in [3.63, 3.8) is 0 Å². The molecule has 0 radical (unpaired) electrons. The average Bonchev–Trinajstić information content (AvgIpc) is 2.34. The molecule has 1 rings (SSSR count). The van der Waals surface area contributed by atoms with E-state index in [1.54, 1.807) is 6.92 Å². The average molecular weight is 264 g/mol. The Kier molecular flexibility index (Phi) is 4.93. The summed E-state index contributed by atoms with van der Waals surface area (Å²) in [6.07, 6.45) is 0. The van der Waals surface area contributed by atoms with Crippen molar-refractivity contribution < 1.29 is 19.8 Å². The van der Waals surface area contributed by atoms with Crippen LogP contribution < -0.4 is 10.2 Å². The van der Waals surface area contributed by atoms with E-state index < -0.39 is 18.5 Å². The summed E-state index contributed by atoms with van der Waals surface area (Å²) in [4.78, 5) is 23.8. The van der Waals surface area contributed by atoms with Crippen LogP contribution in [0.25, 0.3) is 0 Å². The molecule has 0 fully saturated rings. The zero-order valence-electron chi connectivity index (χ0n) is 10.6. The van der Waals surface area contributed by atoms with Crippen LogP contribution in [0.15, 0.2) is 36.4 Å². The number of carbonyl (C=O) groups excluding carboxylic acids is 1. The second-order valence-electron chi connectivity index (χ2n) is 4.11. The maximum atomic E-state index is 11.9. The molecule has 0 aliphatic heterocycles. The van der Waals surface area contributed by atoms with Gasteiger partial charge in [0.25, 0.3) is 0 Å². The van der Waals surface area contributed by atoms with Gasteiger partial charge in [0.15, 0.2) is 0 Å². The van der Waals surface area contributed by atoms with Crippen LogP contribution in [0.4, 0.5) is 10.5 Å². The van der Waals surface area contributed by atoms with Gasteiger partial charge in [-0.1, -0.05) is 12.2 Å². The van der Waals surface area contributed by atoms with Gasteiger partial charge in [0, 0.05) is 12.2 Å². The fourth-order valence-electron chi connectivity index (χ4n) is 1.37. The van der Waals surface area contributed by atoms with Crippen LogP contribution in [-0.4, -0.2) is 35.3 Å². The highest BCUT2D eigenvalue weighted by molar-refractivity contribution is 5.96. The number of phenols is 1. The van der Waals surface area contributed by atoms with E-state index in [0.717, 1.165) is 10.5 Å². The van der Waals surface area contributed by atoms with Crippen LogP contribution in [0.1, 0.15) is 6.92 Å². The summed E-state index contributed by atoms with van der Waals surface area (Å²) in [5, 5.41) is 20.6. The van der Waals surface area contributed by atoms with Gasteiger partial charge in [-0.05, 0) is 31.2 Å². The van der Waals surface area contributed by atoms with E-state index in [1.807, 2.05) is 0 Å². The number of nitrogens with one attached hydrogen (secondary N) is 1. The lowest BCUT2D eigenvalue weighted by atomic mass is 10.2. The van der Waals surface area contributed by atoms with Gasteiger partial charge in [-0.3, -0.25) is 9.69 Å². The molecule has 102 valence electrons. The van der Waals surface area contributed by atoms with E-state index in [0.29, 0.717) is 5.69 Å². The smallest absolute Gasteiger partial charge is 0.323 e. The zero-order chi connectivity index (χ0) is 14.4. The lowest BCUT2D eigenvalue weighted by molar-refractivity contribution is -0.135. The summed E-state index contributed by atoms with van der Waals surface area (Å²) in [7, 11) is 0. The number of aliphatic carboxylic acids is 1. The van der Waals surface area contributed by atoms with E-state index in [9.17, 15) is 14.7 Å². The van der Waals surface area contributed by atoms with Gasteiger partial charge >= 0.3 is 12.0 Å². The second kappa shape index (κ2) is 6.44. The fourth-order valence-corrected chi connectivity index (χ4v) is 1.37. The van der Waals surface area contributed by atoms with Crippen molar-refractivity contribution in [2.75, 3.05) is 18.0 Å². The van der Waals surface area contributed by atoms with Gasteiger partial charge in [0.1, 0.15) is 12.3 Å². The first-order valence-electron chi connectivity index (χ1n) is 5.60. The number of hydrogen-bond acceptors (Lipinski definition) is 3. The molecule has 2 amide bonds. The van der Waals surface area contributed by atoms with E-state index >= 15 is 0 Å². The van der Waals surface area contributed by atoms with Gasteiger partial charge in [0.05, 0.1) is 0 Å². The normalized spacial score (nSPS) is 9.74. The van der Waals surface area contributed by atoms with Gasteiger partial charge in [-0.2, -0.15) is 0 Å². The molecule has 0 saturated heterocycles. The van der Waals surface area contributed by atoms with Crippen molar-refractivity contribution >= 4 is 17.7 Å². The highest BCUT2D eigenvalue weighted by atomic mass is 16.4. The Morgan fingerprint density at radius 2 is 1.89 bits per heavy atom. The van der Waals surface area contributed by atoms with Crippen LogP contribution in [-0.2, 0) is 4.79 Å². The predicted octanol–water partition coefficient (Wildman–Crippen LogP) is 1.57. The van der Waals surface area contributed by atoms with E-state index in [-0.39, 0.29) is 12.3 Å². The molecule has 0 aromatic heterocycles. The molecule has 1 aromatic rings. The Balaban J connectivity index is 2.87. The predicted molar refractivity (Wildman–Crippen MR) is 71.3 cm³/mol. The van der Waals surface area contributed by atoms with E-state index in [4.69, 9.17) is 5.11 Å². The largest absolute Gasteiger partial charge is 0.508 e. The first-order chi connectivity index (χ1) is 8.90. The van der Waals surface area contributed by atoms with Crippen molar-refractivity contribution in [3.05, 3.63) is 36.4 Å². The van der Waals surface area contributed by atoms with Crippen molar-refractivity contribution in [2.45, 2.75) is 6.92 Å². The molecule has 0 saturated carbocycles. The highest BCUT2D eigenvalue weighted by Gasteiger charge is 2.18. The van der Waals surface area contributed by atoms with Gasteiger partial charge in [-0.25, -0.2) is 4.79 Å². The summed E-state index contributed by atoms with van der Waals surface area (Å²) in [5.74, 6) is -1.08. The first kappa shape index (κ1) is 14.6. The topological polar surface area (TPSA) is 89.9 Å². The van der Waals surface area contributed by atoms with Crippen LogP contribution >= 0.6 is 0 Å². The quantitative estimate of drug-likeness (QED) is 0.704. The maximum absolute atomic E-state index is 11.9. The third kappa shape index (κ3) is 4.71. The molecule has 3 N–H and O–H groups in total. The zero-order valence-corrected chi connectivity index (χ0v) is 10.6. The molecule has 0 heterocycles. The van der Waals surface area contributed by atoms with Gasteiger partial charge in [0.2, 0.25) is 0 Å². The molecule has 0 aliphatic carbocycles. The summed E-state index contributed by atoms with van der Waals surface area (Å²) >= 11 is 0. The number of phenolic OH excluding ortho intramolecular Hbond substituents is 1. The Hall–Kier alpha value is -2.50. The number of anilines is 1. The van der Waals surface area contributed by atoms with Crippen LogP contribution in [0.3, 0.4) is 0 Å². The Morgan fingerprint density at radius 3 is 2.37 bits per heavy atom. The lowest BCUT2D eigenvalue weighted by Gasteiger charge is -2.21. The Labute approximate surface area is 111 Å². The number of carbonyl (C=O) groups is 2. The third-order valence-electron chi connectivity index (χ3n) is 2.24. The van der Waals surface area contributed by atoms with E-state index in [1.165, 1.54) is 24.3 Å².